The van der Waals surface area contributed by atoms with Gasteiger partial charge in [0.2, 0.25) is 5.91 Å². The zero-order chi connectivity index (χ0) is 14.6. The maximum atomic E-state index is 12.2. The first-order valence-corrected chi connectivity index (χ1v) is 7.54. The molecule has 1 fully saturated rings. The minimum absolute atomic E-state index is 0. The quantitative estimate of drug-likeness (QED) is 0.897. The monoisotopic (exact) mass is 310 g/mol. The summed E-state index contributed by atoms with van der Waals surface area (Å²) >= 11 is 0. The van der Waals surface area contributed by atoms with Crippen LogP contribution in [0, 0.1) is 6.92 Å². The minimum Gasteiger partial charge on any atom is -0.352 e. The van der Waals surface area contributed by atoms with Crippen molar-refractivity contribution in [2.75, 3.05) is 13.1 Å². The Morgan fingerprint density at radius 2 is 2.00 bits per heavy atom. The Bertz CT molecular complexity index is 450. The Morgan fingerprint density at radius 3 is 2.57 bits per heavy atom. The molecule has 0 radical (unpaired) electrons. The lowest BCUT2D eigenvalue weighted by atomic mass is 9.81. The molecule has 4 heteroatoms. The summed E-state index contributed by atoms with van der Waals surface area (Å²) in [5, 5.41) is 6.48. The molecule has 1 aromatic rings. The van der Waals surface area contributed by atoms with E-state index in [9.17, 15) is 4.79 Å². The largest absolute Gasteiger partial charge is 0.352 e. The predicted octanol–water partition coefficient (Wildman–Crippen LogP) is 2.95. The van der Waals surface area contributed by atoms with E-state index < -0.39 is 0 Å². The first-order valence-electron chi connectivity index (χ1n) is 7.54. The number of aryl methyl sites for hydroxylation is 1. The highest BCUT2D eigenvalue weighted by atomic mass is 35.5. The first kappa shape index (κ1) is 18.0. The van der Waals surface area contributed by atoms with Crippen molar-refractivity contribution in [1.29, 1.82) is 0 Å². The Hall–Kier alpha value is -1.06. The molecule has 118 valence electrons. The van der Waals surface area contributed by atoms with Crippen LogP contribution in [-0.4, -0.2) is 25.0 Å². The van der Waals surface area contributed by atoms with Crippen LogP contribution in [0.4, 0.5) is 0 Å². The lowest BCUT2D eigenvalue weighted by Gasteiger charge is -2.28. The summed E-state index contributed by atoms with van der Waals surface area (Å²) in [6.07, 6.45) is 2.77. The van der Waals surface area contributed by atoms with Crippen LogP contribution in [0.2, 0.25) is 0 Å². The van der Waals surface area contributed by atoms with Crippen molar-refractivity contribution >= 4 is 18.3 Å². The molecular formula is C17H27ClN2O. The van der Waals surface area contributed by atoms with Gasteiger partial charge < -0.3 is 10.6 Å². The summed E-state index contributed by atoms with van der Waals surface area (Å²) < 4.78 is 0. The van der Waals surface area contributed by atoms with E-state index in [1.807, 2.05) is 0 Å². The predicted molar refractivity (Wildman–Crippen MR) is 90.1 cm³/mol. The second-order valence-corrected chi connectivity index (χ2v) is 6.54. The topological polar surface area (TPSA) is 41.1 Å². The van der Waals surface area contributed by atoms with Gasteiger partial charge in [-0.25, -0.2) is 0 Å². The second-order valence-electron chi connectivity index (χ2n) is 6.54. The molecule has 2 rings (SSSR count). The van der Waals surface area contributed by atoms with Gasteiger partial charge in [0.1, 0.15) is 0 Å². The molecule has 0 aromatic heterocycles. The normalized spacial score (nSPS) is 18.7. The van der Waals surface area contributed by atoms with Crippen molar-refractivity contribution in [2.45, 2.75) is 51.5 Å². The van der Waals surface area contributed by atoms with Crippen molar-refractivity contribution in [1.82, 2.24) is 10.6 Å². The lowest BCUT2D eigenvalue weighted by Crippen LogP contribution is -2.46. The summed E-state index contributed by atoms with van der Waals surface area (Å²) in [5.74, 6) is 0.157. The smallest absolute Gasteiger partial charge is 0.221 e. The number of nitrogens with one attached hydrogen (secondary N) is 2. The van der Waals surface area contributed by atoms with Crippen LogP contribution in [0.25, 0.3) is 0 Å². The molecule has 1 saturated heterocycles. The molecule has 0 spiro atoms. The van der Waals surface area contributed by atoms with Gasteiger partial charge in [-0.05, 0) is 37.3 Å². The number of hydrogen-bond acceptors (Lipinski definition) is 2. The Morgan fingerprint density at radius 1 is 1.33 bits per heavy atom. The molecule has 1 heterocycles. The number of carbonyl (C=O) groups excluding carboxylic acids is 1. The van der Waals surface area contributed by atoms with Crippen LogP contribution in [0.3, 0.4) is 0 Å². The molecular weight excluding hydrogens is 284 g/mol. The van der Waals surface area contributed by atoms with Crippen LogP contribution in [0.15, 0.2) is 24.3 Å². The summed E-state index contributed by atoms with van der Waals surface area (Å²) in [5.41, 5.74) is 2.35. The molecule has 1 aliphatic heterocycles. The Kier molecular flexibility index (Phi) is 6.69. The van der Waals surface area contributed by atoms with Gasteiger partial charge >= 0.3 is 0 Å². The maximum Gasteiger partial charge on any atom is 0.221 e. The van der Waals surface area contributed by atoms with Gasteiger partial charge in [0, 0.05) is 19.0 Å². The number of amides is 1. The molecule has 1 aliphatic rings. The third-order valence-electron chi connectivity index (χ3n) is 4.10. The molecule has 3 nitrogen and oxygen atoms in total. The third-order valence-corrected chi connectivity index (χ3v) is 4.10. The van der Waals surface area contributed by atoms with Crippen molar-refractivity contribution < 1.29 is 4.79 Å². The van der Waals surface area contributed by atoms with Gasteiger partial charge in [-0.2, -0.15) is 0 Å². The van der Waals surface area contributed by atoms with Gasteiger partial charge in [0.15, 0.2) is 0 Å². The molecule has 0 unspecified atom stereocenters. The molecule has 0 bridgehead atoms. The highest BCUT2D eigenvalue weighted by Crippen LogP contribution is 2.27. The highest BCUT2D eigenvalue weighted by Gasteiger charge is 2.25. The van der Waals surface area contributed by atoms with E-state index >= 15 is 0 Å². The summed E-state index contributed by atoms with van der Waals surface area (Å²) in [6, 6.07) is 8.78. The average molecular weight is 311 g/mol. The first-order chi connectivity index (χ1) is 9.47. The SMILES string of the molecule is Cc1ccc(C(C)(C)CC(=O)N[C@H]2CCCNC2)cc1.Cl. The highest BCUT2D eigenvalue weighted by molar-refractivity contribution is 5.85. The van der Waals surface area contributed by atoms with Crippen molar-refractivity contribution in [3.63, 3.8) is 0 Å². The van der Waals surface area contributed by atoms with Gasteiger partial charge in [0.25, 0.3) is 0 Å². The molecule has 1 aromatic carbocycles. The van der Waals surface area contributed by atoms with Gasteiger partial charge in [-0.1, -0.05) is 43.7 Å². The van der Waals surface area contributed by atoms with Crippen molar-refractivity contribution in [3.05, 3.63) is 35.4 Å². The van der Waals surface area contributed by atoms with Crippen LogP contribution >= 0.6 is 12.4 Å². The zero-order valence-corrected chi connectivity index (χ0v) is 14.1. The average Bonchev–Trinajstić information content (AvgIpc) is 2.39. The van der Waals surface area contributed by atoms with Crippen molar-refractivity contribution in [3.8, 4) is 0 Å². The molecule has 0 saturated carbocycles. The number of benzene rings is 1. The van der Waals surface area contributed by atoms with Gasteiger partial charge in [-0.15, -0.1) is 12.4 Å². The third kappa shape index (κ3) is 5.33. The number of rotatable bonds is 4. The van der Waals surface area contributed by atoms with Gasteiger partial charge in [0.05, 0.1) is 0 Å². The summed E-state index contributed by atoms with van der Waals surface area (Å²) in [7, 11) is 0. The zero-order valence-electron chi connectivity index (χ0n) is 13.2. The van der Waals surface area contributed by atoms with E-state index in [0.717, 1.165) is 25.9 Å². The van der Waals surface area contributed by atoms with Crippen LogP contribution < -0.4 is 10.6 Å². The van der Waals surface area contributed by atoms with E-state index in [-0.39, 0.29) is 23.7 Å². The van der Waals surface area contributed by atoms with Gasteiger partial charge in [-0.3, -0.25) is 4.79 Å². The maximum absolute atomic E-state index is 12.2. The second kappa shape index (κ2) is 7.81. The number of piperidine rings is 1. The van der Waals surface area contributed by atoms with E-state index in [4.69, 9.17) is 0 Å². The standard InChI is InChI=1S/C17H26N2O.ClH/c1-13-6-8-14(9-7-13)17(2,3)11-16(20)19-15-5-4-10-18-12-15;/h6-9,15,18H,4-5,10-12H2,1-3H3,(H,19,20);1H/t15-;/m0./s1. The Balaban J connectivity index is 0.00000220. The van der Waals surface area contributed by atoms with E-state index in [2.05, 4.69) is 55.7 Å². The fraction of sp³-hybridized carbons (Fsp3) is 0.588. The van der Waals surface area contributed by atoms with E-state index in [1.54, 1.807) is 0 Å². The van der Waals surface area contributed by atoms with Crippen LogP contribution in [0.5, 0.6) is 0 Å². The van der Waals surface area contributed by atoms with Crippen molar-refractivity contribution in [2.24, 2.45) is 0 Å². The summed E-state index contributed by atoms with van der Waals surface area (Å²) in [4.78, 5) is 12.2. The number of hydrogen-bond donors (Lipinski definition) is 2. The number of carbonyl (C=O) groups is 1. The molecule has 21 heavy (non-hydrogen) atoms. The molecule has 2 N–H and O–H groups in total. The fourth-order valence-corrected chi connectivity index (χ4v) is 2.76. The van der Waals surface area contributed by atoms with Crippen LogP contribution in [-0.2, 0) is 10.2 Å². The van der Waals surface area contributed by atoms with E-state index in [0.29, 0.717) is 12.5 Å². The lowest BCUT2D eigenvalue weighted by molar-refractivity contribution is -0.122. The molecule has 1 amide bonds. The fourth-order valence-electron chi connectivity index (χ4n) is 2.76. The number of halogens is 1. The molecule has 1 atom stereocenters. The molecule has 0 aliphatic carbocycles. The summed E-state index contributed by atoms with van der Waals surface area (Å²) in [6.45, 7) is 8.32. The minimum atomic E-state index is -0.125. The van der Waals surface area contributed by atoms with Crippen LogP contribution in [0.1, 0.15) is 44.2 Å². The van der Waals surface area contributed by atoms with E-state index in [1.165, 1.54) is 11.1 Å². The Labute approximate surface area is 134 Å².